The highest BCUT2D eigenvalue weighted by atomic mass is 16.5. The van der Waals surface area contributed by atoms with Crippen LogP contribution in [0.15, 0.2) is 59.5 Å². The van der Waals surface area contributed by atoms with Gasteiger partial charge in [0.25, 0.3) is 5.91 Å². The van der Waals surface area contributed by atoms with E-state index in [0.29, 0.717) is 23.8 Å². The lowest BCUT2D eigenvalue weighted by Gasteiger charge is -2.16. The van der Waals surface area contributed by atoms with Gasteiger partial charge in [0.1, 0.15) is 5.56 Å². The molecular weight excluding hydrogens is 314 g/mol. The molecule has 1 saturated heterocycles. The van der Waals surface area contributed by atoms with Gasteiger partial charge in [-0.15, -0.1) is 0 Å². The number of amides is 1. The van der Waals surface area contributed by atoms with Crippen LogP contribution in [-0.4, -0.2) is 34.0 Å². The minimum Gasteiger partial charge on any atom is -0.355 e. The van der Waals surface area contributed by atoms with E-state index >= 15 is 0 Å². The molecule has 1 amide bonds. The molecule has 3 heterocycles. The number of carbonyl (C=O) groups excluding carboxylic acids is 1. The maximum Gasteiger partial charge on any atom is 0.259 e. The maximum absolute atomic E-state index is 13.0. The van der Waals surface area contributed by atoms with Crippen molar-refractivity contribution in [1.29, 1.82) is 0 Å². The number of benzene rings is 1. The van der Waals surface area contributed by atoms with Crippen LogP contribution in [0.5, 0.6) is 0 Å². The number of aromatic nitrogens is 2. The topological polar surface area (TPSA) is 59.2 Å². The summed E-state index contributed by atoms with van der Waals surface area (Å²) in [6, 6.07) is 12.0. The predicted molar refractivity (Wildman–Crippen MR) is 94.2 cm³/mol. The summed E-state index contributed by atoms with van der Waals surface area (Å²) in [5.41, 5.74) is 3.79. The van der Waals surface area contributed by atoms with E-state index in [9.17, 15) is 4.79 Å². The first-order valence-corrected chi connectivity index (χ1v) is 8.43. The molecular formula is C20H19N3O2. The minimum absolute atomic E-state index is 0.0200. The van der Waals surface area contributed by atoms with E-state index in [1.807, 2.05) is 48.2 Å². The monoisotopic (exact) mass is 333 g/mol. The van der Waals surface area contributed by atoms with Crippen molar-refractivity contribution in [2.75, 3.05) is 13.1 Å². The van der Waals surface area contributed by atoms with E-state index in [1.54, 1.807) is 12.4 Å². The van der Waals surface area contributed by atoms with Crippen molar-refractivity contribution in [1.82, 2.24) is 15.0 Å². The first kappa shape index (κ1) is 15.6. The lowest BCUT2D eigenvalue weighted by atomic mass is 10.00. The Hall–Kier alpha value is -2.95. The highest BCUT2D eigenvalue weighted by Crippen LogP contribution is 2.30. The van der Waals surface area contributed by atoms with Crippen molar-refractivity contribution in [3.63, 3.8) is 0 Å². The van der Waals surface area contributed by atoms with Gasteiger partial charge in [-0.3, -0.25) is 9.78 Å². The third kappa shape index (κ3) is 3.05. The fourth-order valence-corrected chi connectivity index (χ4v) is 3.33. The molecule has 5 nitrogen and oxygen atoms in total. The van der Waals surface area contributed by atoms with Gasteiger partial charge in [-0.1, -0.05) is 35.0 Å². The van der Waals surface area contributed by atoms with Gasteiger partial charge in [0.05, 0.1) is 6.20 Å². The normalized spacial score (nSPS) is 17.0. The zero-order chi connectivity index (χ0) is 17.2. The maximum atomic E-state index is 13.0. The number of hydrogen-bond donors (Lipinski definition) is 0. The van der Waals surface area contributed by atoms with Crippen LogP contribution >= 0.6 is 0 Å². The van der Waals surface area contributed by atoms with E-state index in [4.69, 9.17) is 4.52 Å². The molecule has 25 heavy (non-hydrogen) atoms. The summed E-state index contributed by atoms with van der Waals surface area (Å²) in [5.74, 6) is 0.875. The summed E-state index contributed by atoms with van der Waals surface area (Å²) < 4.78 is 5.38. The number of nitrogens with zero attached hydrogens (tertiary/aromatic N) is 3. The molecule has 1 fully saturated rings. The lowest BCUT2D eigenvalue weighted by molar-refractivity contribution is 0.0791. The summed E-state index contributed by atoms with van der Waals surface area (Å²) in [7, 11) is 0. The highest BCUT2D eigenvalue weighted by molar-refractivity contribution is 5.99. The number of likely N-dealkylation sites (tertiary alicyclic amines) is 1. The molecule has 0 spiro atoms. The van der Waals surface area contributed by atoms with Crippen molar-refractivity contribution in [2.45, 2.75) is 19.3 Å². The Labute approximate surface area is 146 Å². The van der Waals surface area contributed by atoms with E-state index in [2.05, 4.69) is 10.1 Å². The van der Waals surface area contributed by atoms with E-state index in [0.717, 1.165) is 24.1 Å². The minimum atomic E-state index is -0.0200. The van der Waals surface area contributed by atoms with Crippen LogP contribution in [0.2, 0.25) is 0 Å². The molecule has 0 saturated carbocycles. The first-order chi connectivity index (χ1) is 12.2. The standard InChI is InChI=1S/C20H19N3O2/c1-14-2-4-16(5-3-14)19-18(12-22-25-19)20(24)23-11-8-17(13-23)15-6-9-21-10-7-15/h2-7,9-10,12,17H,8,11,13H2,1H3. The zero-order valence-corrected chi connectivity index (χ0v) is 14.1. The summed E-state index contributed by atoms with van der Waals surface area (Å²) in [6.45, 7) is 3.48. The van der Waals surface area contributed by atoms with Crippen molar-refractivity contribution >= 4 is 5.91 Å². The Bertz CT molecular complexity index is 871. The van der Waals surface area contributed by atoms with Crippen molar-refractivity contribution in [3.8, 4) is 11.3 Å². The number of carbonyl (C=O) groups is 1. The smallest absolute Gasteiger partial charge is 0.259 e. The van der Waals surface area contributed by atoms with Crippen LogP contribution in [-0.2, 0) is 0 Å². The molecule has 1 atom stereocenters. The molecule has 1 aliphatic heterocycles. The molecule has 1 aromatic carbocycles. The average molecular weight is 333 g/mol. The molecule has 0 N–H and O–H groups in total. The zero-order valence-electron chi connectivity index (χ0n) is 14.1. The Morgan fingerprint density at radius 3 is 2.68 bits per heavy atom. The van der Waals surface area contributed by atoms with E-state index in [1.165, 1.54) is 11.8 Å². The van der Waals surface area contributed by atoms with Crippen molar-refractivity contribution < 1.29 is 9.32 Å². The molecule has 126 valence electrons. The summed E-state index contributed by atoms with van der Waals surface area (Å²) in [5, 5.41) is 3.86. The molecule has 2 aromatic heterocycles. The first-order valence-electron chi connectivity index (χ1n) is 8.43. The second-order valence-corrected chi connectivity index (χ2v) is 6.45. The van der Waals surface area contributed by atoms with Crippen LogP contribution in [0.4, 0.5) is 0 Å². The lowest BCUT2D eigenvalue weighted by Crippen LogP contribution is -2.28. The molecule has 0 aliphatic carbocycles. The number of rotatable bonds is 3. The van der Waals surface area contributed by atoms with E-state index < -0.39 is 0 Å². The largest absolute Gasteiger partial charge is 0.355 e. The summed E-state index contributed by atoms with van der Waals surface area (Å²) in [4.78, 5) is 18.9. The number of aryl methyl sites for hydroxylation is 1. The van der Waals surface area contributed by atoms with Crippen molar-refractivity contribution in [2.24, 2.45) is 0 Å². The molecule has 0 bridgehead atoms. The van der Waals surface area contributed by atoms with Crippen LogP contribution < -0.4 is 0 Å². The van der Waals surface area contributed by atoms with Crippen molar-refractivity contribution in [3.05, 3.63) is 71.7 Å². The SMILES string of the molecule is Cc1ccc(-c2oncc2C(=O)N2CCC(c3ccncc3)C2)cc1. The second kappa shape index (κ2) is 6.51. The van der Waals surface area contributed by atoms with Gasteiger partial charge in [0.2, 0.25) is 0 Å². The Morgan fingerprint density at radius 2 is 1.92 bits per heavy atom. The molecule has 3 aromatic rings. The van der Waals surface area contributed by atoms with Gasteiger partial charge in [0.15, 0.2) is 5.76 Å². The van der Waals surface area contributed by atoms with Crippen LogP contribution in [0.3, 0.4) is 0 Å². The fraction of sp³-hybridized carbons (Fsp3) is 0.250. The van der Waals surface area contributed by atoms with Gasteiger partial charge in [-0.2, -0.15) is 0 Å². The van der Waals surface area contributed by atoms with Gasteiger partial charge >= 0.3 is 0 Å². The van der Waals surface area contributed by atoms with Gasteiger partial charge in [-0.05, 0) is 31.0 Å². The van der Waals surface area contributed by atoms with Crippen LogP contribution in [0.25, 0.3) is 11.3 Å². The van der Waals surface area contributed by atoms with Crippen LogP contribution in [0.1, 0.15) is 33.8 Å². The molecule has 5 heteroatoms. The highest BCUT2D eigenvalue weighted by Gasteiger charge is 2.30. The van der Waals surface area contributed by atoms with Gasteiger partial charge in [0, 0.05) is 37.0 Å². The average Bonchev–Trinajstić information content (AvgIpc) is 3.32. The Morgan fingerprint density at radius 1 is 1.16 bits per heavy atom. The number of pyridine rings is 1. The summed E-state index contributed by atoms with van der Waals surface area (Å²) in [6.07, 6.45) is 6.09. The molecule has 0 radical (unpaired) electrons. The van der Waals surface area contributed by atoms with Gasteiger partial charge < -0.3 is 9.42 Å². The molecule has 1 aliphatic rings. The predicted octanol–water partition coefficient (Wildman–Crippen LogP) is 3.67. The van der Waals surface area contributed by atoms with E-state index in [-0.39, 0.29) is 5.91 Å². The number of hydrogen-bond acceptors (Lipinski definition) is 4. The second-order valence-electron chi connectivity index (χ2n) is 6.45. The molecule has 4 rings (SSSR count). The third-order valence-corrected chi connectivity index (χ3v) is 4.77. The quantitative estimate of drug-likeness (QED) is 0.734. The van der Waals surface area contributed by atoms with Gasteiger partial charge in [-0.25, -0.2) is 0 Å². The Balaban J connectivity index is 1.55. The Kier molecular flexibility index (Phi) is 4.06. The third-order valence-electron chi connectivity index (χ3n) is 4.77. The van der Waals surface area contributed by atoms with Crippen LogP contribution in [0, 0.1) is 6.92 Å². The summed E-state index contributed by atoms with van der Waals surface area (Å²) >= 11 is 0. The fourth-order valence-electron chi connectivity index (χ4n) is 3.33. The molecule has 1 unspecified atom stereocenters.